The van der Waals surface area contributed by atoms with Crippen molar-refractivity contribution in [3.05, 3.63) is 27.7 Å². The van der Waals surface area contributed by atoms with Crippen molar-refractivity contribution >= 4 is 23.4 Å². The van der Waals surface area contributed by atoms with Gasteiger partial charge in [0.05, 0.1) is 24.3 Å². The van der Waals surface area contributed by atoms with Gasteiger partial charge in [0, 0.05) is 31.5 Å². The molecule has 4 fully saturated rings. The summed E-state index contributed by atoms with van der Waals surface area (Å²) in [6, 6.07) is 0. The number of amides is 1. The molecule has 6 atom stereocenters. The lowest BCUT2D eigenvalue weighted by molar-refractivity contribution is -0.123. The highest BCUT2D eigenvalue weighted by atomic mass is 32.1. The minimum absolute atomic E-state index is 0.0132. The Morgan fingerprint density at radius 1 is 1.38 bits per heavy atom. The second kappa shape index (κ2) is 8.58. The van der Waals surface area contributed by atoms with E-state index in [1.807, 2.05) is 0 Å². The molecule has 0 radical (unpaired) electrons. The van der Waals surface area contributed by atoms with Crippen LogP contribution in [0.15, 0.2) is 17.0 Å². The zero-order valence-corrected chi connectivity index (χ0v) is 20.8. The Labute approximate surface area is 203 Å². The number of hydrogen-bond donors (Lipinski definition) is 1. The van der Waals surface area contributed by atoms with Crippen LogP contribution >= 0.6 is 11.3 Å². The quantitative estimate of drug-likeness (QED) is 0.455. The van der Waals surface area contributed by atoms with E-state index in [2.05, 4.69) is 31.8 Å². The number of thiazole rings is 1. The fourth-order valence-corrected chi connectivity index (χ4v) is 6.40. The number of ether oxygens (including phenoxy) is 4. The first kappa shape index (κ1) is 23.7. The Hall–Kier alpha value is -2.01. The third kappa shape index (κ3) is 4.14. The van der Waals surface area contributed by atoms with Gasteiger partial charge < -0.3 is 29.0 Å². The van der Waals surface area contributed by atoms with Crippen molar-refractivity contribution in [1.82, 2.24) is 9.88 Å². The highest BCUT2D eigenvalue weighted by Crippen LogP contribution is 2.59. The van der Waals surface area contributed by atoms with E-state index in [1.54, 1.807) is 17.4 Å². The average molecular weight is 493 g/mol. The van der Waals surface area contributed by atoms with E-state index >= 15 is 0 Å². The summed E-state index contributed by atoms with van der Waals surface area (Å²) in [7, 11) is 1.67. The molecule has 34 heavy (non-hydrogen) atoms. The smallest absolute Gasteiger partial charge is 0.410 e. The minimum atomic E-state index is -1.03. The van der Waals surface area contributed by atoms with Crippen molar-refractivity contribution in [2.45, 2.75) is 75.5 Å². The molecule has 0 bridgehead atoms. The Balaban J connectivity index is 1.22. The van der Waals surface area contributed by atoms with Crippen LogP contribution in [-0.2, 0) is 18.9 Å². The van der Waals surface area contributed by atoms with Crippen LogP contribution in [0.4, 0.5) is 4.79 Å². The minimum Gasteiger partial charge on any atom is -0.476 e. The largest absolute Gasteiger partial charge is 0.476 e. The Bertz CT molecular complexity index is 995. The maximum Gasteiger partial charge on any atom is 0.410 e. The summed E-state index contributed by atoms with van der Waals surface area (Å²) in [5.41, 5.74) is 1.35. The van der Waals surface area contributed by atoms with Gasteiger partial charge in [0.1, 0.15) is 23.4 Å². The van der Waals surface area contributed by atoms with E-state index in [9.17, 15) is 9.59 Å². The first-order valence-corrected chi connectivity index (χ1v) is 12.7. The van der Waals surface area contributed by atoms with Gasteiger partial charge in [-0.2, -0.15) is 0 Å². The third-order valence-electron chi connectivity index (χ3n) is 7.75. The number of nitrogens with zero attached hydrogens (tertiary/aromatic N) is 2. The van der Waals surface area contributed by atoms with Crippen molar-refractivity contribution in [2.24, 2.45) is 5.92 Å². The summed E-state index contributed by atoms with van der Waals surface area (Å²) in [6.45, 7) is 7.91. The number of carboxylic acids is 1. The molecule has 1 N–H and O–H groups in total. The van der Waals surface area contributed by atoms with E-state index in [0.717, 1.165) is 24.2 Å². The van der Waals surface area contributed by atoms with Gasteiger partial charge in [0.25, 0.3) is 0 Å². The van der Waals surface area contributed by atoms with E-state index in [4.69, 9.17) is 24.1 Å². The highest BCUT2D eigenvalue weighted by molar-refractivity contribution is 7.11. The van der Waals surface area contributed by atoms with E-state index in [1.165, 1.54) is 5.57 Å². The summed E-state index contributed by atoms with van der Waals surface area (Å²) in [5, 5.41) is 10.9. The Morgan fingerprint density at radius 2 is 2.12 bits per heavy atom. The molecule has 3 aliphatic heterocycles. The fraction of sp³-hybridized carbons (Fsp3) is 0.708. The second-order valence-corrected chi connectivity index (χ2v) is 11.1. The van der Waals surface area contributed by atoms with Crippen molar-refractivity contribution in [2.75, 3.05) is 26.8 Å². The van der Waals surface area contributed by atoms with Crippen molar-refractivity contribution in [1.29, 1.82) is 0 Å². The number of methoxy groups -OCH3 is 1. The van der Waals surface area contributed by atoms with Gasteiger partial charge in [0.2, 0.25) is 5.01 Å². The molecule has 0 aromatic carbocycles. The van der Waals surface area contributed by atoms with Gasteiger partial charge in [-0.1, -0.05) is 11.6 Å². The van der Waals surface area contributed by atoms with Gasteiger partial charge >= 0.3 is 12.1 Å². The standard InChI is InChI=1S/C24H32N2O7S/c1-13(2)5-6-17-23(3,33-17)19-18(30-4)16(7-8-24(19)12-31-24)32-22(29)26-9-14(10-26)15-11-34-20(25-15)21(27)28/h5,11,14,16-19H,6-10,12H2,1-4H3,(H,27,28)/t16-,17-,18-,19-,23+,24+/m1/s1. The molecule has 3 saturated heterocycles. The number of carbonyl (C=O) groups is 2. The monoisotopic (exact) mass is 492 g/mol. The molecule has 186 valence electrons. The second-order valence-electron chi connectivity index (χ2n) is 10.3. The highest BCUT2D eigenvalue weighted by Gasteiger charge is 2.72. The molecule has 4 heterocycles. The van der Waals surface area contributed by atoms with E-state index < -0.39 is 5.97 Å². The molecule has 4 aliphatic rings. The Kier molecular flexibility index (Phi) is 5.99. The lowest BCUT2D eigenvalue weighted by atomic mass is 9.68. The molecule has 1 aliphatic carbocycles. The van der Waals surface area contributed by atoms with Gasteiger partial charge in [-0.3, -0.25) is 0 Å². The molecule has 1 spiro atoms. The van der Waals surface area contributed by atoms with Gasteiger partial charge in [0.15, 0.2) is 0 Å². The number of likely N-dealkylation sites (tertiary alicyclic amines) is 1. The lowest BCUT2D eigenvalue weighted by Gasteiger charge is -2.44. The summed E-state index contributed by atoms with van der Waals surface area (Å²) in [6.07, 6.45) is 3.58. The first-order chi connectivity index (χ1) is 16.2. The van der Waals surface area contributed by atoms with E-state index in [-0.39, 0.29) is 52.5 Å². The summed E-state index contributed by atoms with van der Waals surface area (Å²) < 4.78 is 24.1. The molecular formula is C24H32N2O7S. The topological polar surface area (TPSA) is 114 Å². The predicted octanol–water partition coefficient (Wildman–Crippen LogP) is 3.45. The maximum absolute atomic E-state index is 12.9. The average Bonchev–Trinajstić information content (AvgIpc) is 3.60. The van der Waals surface area contributed by atoms with Crippen LogP contribution in [0.1, 0.15) is 61.4 Å². The van der Waals surface area contributed by atoms with E-state index in [0.29, 0.717) is 31.8 Å². The zero-order valence-electron chi connectivity index (χ0n) is 20.0. The van der Waals surface area contributed by atoms with Crippen molar-refractivity contribution < 1.29 is 33.6 Å². The summed E-state index contributed by atoms with van der Waals surface area (Å²) in [5.74, 6) is -1.01. The van der Waals surface area contributed by atoms with Crippen LogP contribution < -0.4 is 0 Å². The van der Waals surface area contributed by atoms with Crippen molar-refractivity contribution in [3.8, 4) is 0 Å². The summed E-state index contributed by atoms with van der Waals surface area (Å²) >= 11 is 1.11. The van der Waals surface area contributed by atoms with Crippen LogP contribution in [0.3, 0.4) is 0 Å². The van der Waals surface area contributed by atoms with Crippen LogP contribution in [0.5, 0.6) is 0 Å². The first-order valence-electron chi connectivity index (χ1n) is 11.8. The zero-order chi connectivity index (χ0) is 24.3. The predicted molar refractivity (Wildman–Crippen MR) is 123 cm³/mol. The fourth-order valence-electron chi connectivity index (χ4n) is 5.66. The van der Waals surface area contributed by atoms with Gasteiger partial charge in [-0.25, -0.2) is 14.6 Å². The molecule has 1 aromatic heterocycles. The molecule has 1 amide bonds. The molecule has 9 nitrogen and oxygen atoms in total. The molecule has 1 aromatic rings. The molecule has 5 rings (SSSR count). The normalized spacial score (nSPS) is 36.6. The molecule has 10 heteroatoms. The molecule has 1 saturated carbocycles. The SMILES string of the molecule is CO[C@@H]1[C@H](OC(=O)N2CC(c3csc(C(=O)O)n3)C2)CC[C@]2(CO2)[C@H]1[C@@]1(C)O[C@@H]1CC=C(C)C. The molecular weight excluding hydrogens is 460 g/mol. The summed E-state index contributed by atoms with van der Waals surface area (Å²) in [4.78, 5) is 29.8. The number of allylic oxidation sites excluding steroid dienone is 1. The molecule has 0 unspecified atom stereocenters. The number of rotatable bonds is 7. The Morgan fingerprint density at radius 3 is 2.71 bits per heavy atom. The number of epoxide rings is 2. The van der Waals surface area contributed by atoms with Crippen LogP contribution in [0.2, 0.25) is 0 Å². The number of carbonyl (C=O) groups excluding carboxylic acids is 1. The number of hydrogen-bond acceptors (Lipinski definition) is 8. The van der Waals surface area contributed by atoms with Crippen molar-refractivity contribution in [3.63, 3.8) is 0 Å². The third-order valence-corrected chi connectivity index (χ3v) is 8.60. The number of carboxylic acid groups (broad SMARTS) is 1. The van der Waals surface area contributed by atoms with Crippen LogP contribution in [-0.4, -0.2) is 83.4 Å². The van der Waals surface area contributed by atoms with Crippen LogP contribution in [0, 0.1) is 5.92 Å². The van der Waals surface area contributed by atoms with Crippen LogP contribution in [0.25, 0.3) is 0 Å². The lowest BCUT2D eigenvalue weighted by Crippen LogP contribution is -2.57. The maximum atomic E-state index is 12.9. The number of aromatic carboxylic acids is 1. The van der Waals surface area contributed by atoms with Gasteiger partial charge in [-0.15, -0.1) is 11.3 Å². The van der Waals surface area contributed by atoms with Gasteiger partial charge in [-0.05, 0) is 40.0 Å². The number of aromatic nitrogens is 1.